The molecule has 0 aromatic carbocycles. The number of aryl methyl sites for hydroxylation is 2. The average molecular weight is 330 g/mol. The van der Waals surface area contributed by atoms with Gasteiger partial charge in [0.05, 0.1) is 11.9 Å². The number of hydrogen-bond acceptors (Lipinski definition) is 4. The maximum absolute atomic E-state index is 12.6. The molecule has 24 heavy (non-hydrogen) atoms. The van der Waals surface area contributed by atoms with Crippen LogP contribution in [0.5, 0.6) is 0 Å². The first-order valence-electron chi connectivity index (χ1n) is 8.59. The predicted octanol–water partition coefficient (Wildman–Crippen LogP) is 2.10. The first kappa shape index (κ1) is 16.7. The first-order valence-corrected chi connectivity index (χ1v) is 8.59. The van der Waals surface area contributed by atoms with Gasteiger partial charge in [0.15, 0.2) is 0 Å². The molecule has 0 saturated heterocycles. The summed E-state index contributed by atoms with van der Waals surface area (Å²) in [5, 5.41) is 14.8. The number of carbonyl (C=O) groups is 1. The van der Waals surface area contributed by atoms with Crippen molar-refractivity contribution in [2.75, 3.05) is 12.4 Å². The smallest absolute Gasteiger partial charge is 0.247 e. The van der Waals surface area contributed by atoms with E-state index in [0.29, 0.717) is 5.92 Å². The fourth-order valence-electron chi connectivity index (χ4n) is 3.44. The number of aromatic nitrogens is 4. The molecule has 0 spiro atoms. The Labute approximate surface area is 142 Å². The highest BCUT2D eigenvalue weighted by atomic mass is 16.2. The molecule has 7 nitrogen and oxygen atoms in total. The fourth-order valence-corrected chi connectivity index (χ4v) is 3.44. The first-order chi connectivity index (χ1) is 11.6. The normalized spacial score (nSPS) is 17.0. The summed E-state index contributed by atoms with van der Waals surface area (Å²) in [7, 11) is 5.49. The van der Waals surface area contributed by atoms with Crippen LogP contribution in [0, 0.1) is 0 Å². The van der Waals surface area contributed by atoms with Crippen LogP contribution in [0.2, 0.25) is 0 Å². The number of nitrogens with one attached hydrogen (secondary N) is 2. The van der Waals surface area contributed by atoms with Crippen molar-refractivity contribution < 1.29 is 4.79 Å². The number of carbonyl (C=O) groups excluding carboxylic acids is 1. The van der Waals surface area contributed by atoms with Gasteiger partial charge in [-0.05, 0) is 19.9 Å². The van der Waals surface area contributed by atoms with Gasteiger partial charge in [0.1, 0.15) is 11.9 Å². The van der Waals surface area contributed by atoms with Crippen LogP contribution in [-0.2, 0) is 18.9 Å². The minimum atomic E-state index is -0.438. The van der Waals surface area contributed by atoms with Crippen LogP contribution in [0.3, 0.4) is 0 Å². The van der Waals surface area contributed by atoms with Crippen molar-refractivity contribution in [1.29, 1.82) is 0 Å². The number of amides is 1. The molecular formula is C17H26N6O. The van der Waals surface area contributed by atoms with Gasteiger partial charge in [0, 0.05) is 37.8 Å². The molecule has 1 amide bonds. The molecule has 2 N–H and O–H groups in total. The molecule has 1 aliphatic rings. The Morgan fingerprint density at radius 3 is 2.67 bits per heavy atom. The van der Waals surface area contributed by atoms with Crippen molar-refractivity contribution in [3.05, 3.63) is 29.7 Å². The maximum atomic E-state index is 12.6. The highest BCUT2D eigenvalue weighted by Crippen LogP contribution is 2.32. The van der Waals surface area contributed by atoms with E-state index in [1.807, 2.05) is 26.4 Å². The van der Waals surface area contributed by atoms with E-state index in [2.05, 4.69) is 20.8 Å². The van der Waals surface area contributed by atoms with E-state index in [0.717, 1.165) is 17.1 Å². The van der Waals surface area contributed by atoms with Crippen LogP contribution in [0.1, 0.15) is 55.3 Å². The second kappa shape index (κ2) is 7.17. The summed E-state index contributed by atoms with van der Waals surface area (Å²) < 4.78 is 3.45. The summed E-state index contributed by atoms with van der Waals surface area (Å²) in [6.45, 7) is 0. The largest absolute Gasteiger partial charge is 0.309 e. The minimum Gasteiger partial charge on any atom is -0.309 e. The van der Waals surface area contributed by atoms with Crippen LogP contribution in [0.15, 0.2) is 18.5 Å². The number of rotatable bonds is 5. The Kier molecular flexibility index (Phi) is 4.99. The Balaban J connectivity index is 1.72. The summed E-state index contributed by atoms with van der Waals surface area (Å²) in [4.78, 5) is 12.6. The van der Waals surface area contributed by atoms with Gasteiger partial charge in [-0.3, -0.25) is 14.2 Å². The topological polar surface area (TPSA) is 76.8 Å². The number of hydrogen-bond donors (Lipinski definition) is 2. The SMILES string of the molecule is CNC(C(=O)Nc1cc(C2CCCCC2)nn1C)c1cnn(C)c1. The summed E-state index contributed by atoms with van der Waals surface area (Å²) >= 11 is 0. The highest BCUT2D eigenvalue weighted by Gasteiger charge is 2.23. The van der Waals surface area contributed by atoms with Gasteiger partial charge in [-0.2, -0.15) is 10.2 Å². The number of anilines is 1. The third-order valence-corrected chi connectivity index (χ3v) is 4.78. The molecule has 1 aliphatic carbocycles. The quantitative estimate of drug-likeness (QED) is 0.880. The highest BCUT2D eigenvalue weighted by molar-refractivity contribution is 5.94. The monoisotopic (exact) mass is 330 g/mol. The standard InChI is InChI=1S/C17H26N6O/c1-18-16(13-10-19-22(2)11-13)17(24)20-15-9-14(21-23(15)3)12-7-5-4-6-8-12/h9-12,16,18H,4-8H2,1-3H3,(H,20,24). The fraction of sp³-hybridized carbons (Fsp3) is 0.588. The number of nitrogens with zero attached hydrogens (tertiary/aromatic N) is 4. The molecule has 1 atom stereocenters. The van der Waals surface area contributed by atoms with E-state index in [4.69, 9.17) is 0 Å². The van der Waals surface area contributed by atoms with Gasteiger partial charge in [-0.15, -0.1) is 0 Å². The predicted molar refractivity (Wildman–Crippen MR) is 92.7 cm³/mol. The molecule has 0 radical (unpaired) electrons. The van der Waals surface area contributed by atoms with Crippen LogP contribution < -0.4 is 10.6 Å². The van der Waals surface area contributed by atoms with Crippen molar-refractivity contribution in [2.24, 2.45) is 14.1 Å². The second-order valence-electron chi connectivity index (χ2n) is 6.57. The second-order valence-corrected chi connectivity index (χ2v) is 6.57. The molecule has 0 bridgehead atoms. The lowest BCUT2D eigenvalue weighted by Crippen LogP contribution is -2.31. The van der Waals surface area contributed by atoms with Gasteiger partial charge in [0.25, 0.3) is 0 Å². The van der Waals surface area contributed by atoms with E-state index < -0.39 is 6.04 Å². The lowest BCUT2D eigenvalue weighted by atomic mass is 9.87. The van der Waals surface area contributed by atoms with E-state index in [1.165, 1.54) is 32.1 Å². The molecule has 0 aliphatic heterocycles. The molecule has 1 saturated carbocycles. The van der Waals surface area contributed by atoms with Crippen molar-refractivity contribution in [3.63, 3.8) is 0 Å². The summed E-state index contributed by atoms with van der Waals surface area (Å²) in [5.41, 5.74) is 1.93. The minimum absolute atomic E-state index is 0.108. The average Bonchev–Trinajstić information content (AvgIpc) is 3.16. The van der Waals surface area contributed by atoms with Gasteiger partial charge in [-0.1, -0.05) is 19.3 Å². The molecule has 2 aromatic rings. The van der Waals surface area contributed by atoms with E-state index >= 15 is 0 Å². The molecule has 3 rings (SSSR count). The van der Waals surface area contributed by atoms with Crippen LogP contribution in [0.25, 0.3) is 0 Å². The molecule has 2 heterocycles. The third kappa shape index (κ3) is 3.51. The van der Waals surface area contributed by atoms with E-state index in [9.17, 15) is 4.79 Å². The van der Waals surface area contributed by atoms with E-state index in [1.54, 1.807) is 22.6 Å². The van der Waals surface area contributed by atoms with Crippen molar-refractivity contribution in [2.45, 2.75) is 44.1 Å². The van der Waals surface area contributed by atoms with Crippen LogP contribution in [-0.4, -0.2) is 32.5 Å². The Morgan fingerprint density at radius 2 is 2.04 bits per heavy atom. The van der Waals surface area contributed by atoms with E-state index in [-0.39, 0.29) is 5.91 Å². The lowest BCUT2D eigenvalue weighted by Gasteiger charge is -2.19. The third-order valence-electron chi connectivity index (χ3n) is 4.78. The molecule has 130 valence electrons. The lowest BCUT2D eigenvalue weighted by molar-refractivity contribution is -0.118. The van der Waals surface area contributed by atoms with Gasteiger partial charge < -0.3 is 10.6 Å². The van der Waals surface area contributed by atoms with Gasteiger partial charge in [0.2, 0.25) is 5.91 Å². The molecule has 2 aromatic heterocycles. The number of likely N-dealkylation sites (N-methyl/N-ethyl adjacent to an activating group) is 1. The Hall–Kier alpha value is -2.15. The molecule has 1 unspecified atom stereocenters. The molecule has 7 heteroatoms. The molecule has 1 fully saturated rings. The maximum Gasteiger partial charge on any atom is 0.247 e. The van der Waals surface area contributed by atoms with Crippen LogP contribution >= 0.6 is 0 Å². The summed E-state index contributed by atoms with van der Waals surface area (Å²) in [5.74, 6) is 1.16. The van der Waals surface area contributed by atoms with Crippen molar-refractivity contribution in [1.82, 2.24) is 24.9 Å². The van der Waals surface area contributed by atoms with Crippen molar-refractivity contribution >= 4 is 11.7 Å². The van der Waals surface area contributed by atoms with Gasteiger partial charge in [-0.25, -0.2) is 0 Å². The summed E-state index contributed by atoms with van der Waals surface area (Å²) in [6.07, 6.45) is 9.80. The zero-order valence-corrected chi connectivity index (χ0v) is 14.6. The zero-order valence-electron chi connectivity index (χ0n) is 14.6. The Morgan fingerprint density at radius 1 is 1.29 bits per heavy atom. The van der Waals surface area contributed by atoms with Crippen LogP contribution in [0.4, 0.5) is 5.82 Å². The van der Waals surface area contributed by atoms with Crippen molar-refractivity contribution in [3.8, 4) is 0 Å². The van der Waals surface area contributed by atoms with Gasteiger partial charge >= 0.3 is 0 Å². The Bertz CT molecular complexity index is 698. The zero-order chi connectivity index (χ0) is 17.1. The molecular weight excluding hydrogens is 304 g/mol. The summed E-state index contributed by atoms with van der Waals surface area (Å²) in [6, 6.07) is 1.58.